The Balaban J connectivity index is 2.42. The number of nitrogens with zero attached hydrogens (tertiary/aromatic N) is 1. The highest BCUT2D eigenvalue weighted by Gasteiger charge is 2.27. The summed E-state index contributed by atoms with van der Waals surface area (Å²) in [5.41, 5.74) is 0.370. The molecule has 0 heterocycles. The Kier molecular flexibility index (Phi) is 6.88. The average Bonchev–Trinajstić information content (AvgIpc) is 2.61. The van der Waals surface area contributed by atoms with Crippen molar-refractivity contribution in [1.29, 1.82) is 0 Å². The van der Waals surface area contributed by atoms with E-state index < -0.39 is 10.0 Å². The van der Waals surface area contributed by atoms with Crippen molar-refractivity contribution < 1.29 is 17.9 Å². The van der Waals surface area contributed by atoms with Crippen LogP contribution in [0, 0.1) is 0 Å². The topological polar surface area (TPSA) is 75.7 Å². The predicted molar refractivity (Wildman–Crippen MR) is 102 cm³/mol. The van der Waals surface area contributed by atoms with Gasteiger partial charge in [0.25, 0.3) is 10.0 Å². The van der Waals surface area contributed by atoms with E-state index in [4.69, 9.17) is 16.3 Å². The summed E-state index contributed by atoms with van der Waals surface area (Å²) in [6, 6.07) is 12.4. The Morgan fingerprint density at radius 2 is 1.69 bits per heavy atom. The molecule has 0 fully saturated rings. The van der Waals surface area contributed by atoms with Gasteiger partial charge in [-0.05, 0) is 62.4 Å². The molecule has 0 spiro atoms. The first-order valence-corrected chi connectivity index (χ1v) is 9.98. The third-order valence-corrected chi connectivity index (χ3v) is 5.54. The molecule has 6 nitrogen and oxygen atoms in total. The van der Waals surface area contributed by atoms with Crippen LogP contribution in [0.2, 0.25) is 5.02 Å². The zero-order valence-corrected chi connectivity index (χ0v) is 16.2. The van der Waals surface area contributed by atoms with Gasteiger partial charge >= 0.3 is 0 Å². The maximum absolute atomic E-state index is 13.1. The summed E-state index contributed by atoms with van der Waals surface area (Å²) in [5.74, 6) is 0.233. The van der Waals surface area contributed by atoms with E-state index in [2.05, 4.69) is 5.32 Å². The van der Waals surface area contributed by atoms with Crippen LogP contribution < -0.4 is 14.4 Å². The van der Waals surface area contributed by atoms with Crippen molar-refractivity contribution in [2.75, 3.05) is 24.0 Å². The second kappa shape index (κ2) is 8.91. The summed E-state index contributed by atoms with van der Waals surface area (Å²) in [6.45, 7) is 4.22. The molecule has 0 saturated heterocycles. The Labute approximate surface area is 158 Å². The first kappa shape index (κ1) is 20.1. The summed E-state index contributed by atoms with van der Waals surface area (Å²) in [7, 11) is -3.94. The van der Waals surface area contributed by atoms with E-state index in [1.807, 2.05) is 6.92 Å². The van der Waals surface area contributed by atoms with Crippen molar-refractivity contribution in [3.8, 4) is 5.75 Å². The van der Waals surface area contributed by atoms with Crippen LogP contribution >= 0.6 is 11.6 Å². The first-order valence-electron chi connectivity index (χ1n) is 8.16. The molecular formula is C18H21ClN2O4S. The van der Waals surface area contributed by atoms with Crippen LogP contribution in [-0.2, 0) is 14.8 Å². The summed E-state index contributed by atoms with van der Waals surface area (Å²) in [5, 5.41) is 3.05. The van der Waals surface area contributed by atoms with E-state index in [0.29, 0.717) is 29.6 Å². The minimum Gasteiger partial charge on any atom is -0.494 e. The summed E-state index contributed by atoms with van der Waals surface area (Å²) in [6.07, 6.45) is 0. The number of hydrogen-bond donors (Lipinski definition) is 1. The fourth-order valence-corrected chi connectivity index (χ4v) is 3.85. The molecule has 0 aliphatic heterocycles. The monoisotopic (exact) mass is 396 g/mol. The lowest BCUT2D eigenvalue weighted by Gasteiger charge is -2.24. The molecule has 0 aliphatic carbocycles. The van der Waals surface area contributed by atoms with E-state index in [1.54, 1.807) is 31.2 Å². The van der Waals surface area contributed by atoms with Gasteiger partial charge in [-0.25, -0.2) is 8.42 Å². The van der Waals surface area contributed by atoms with Crippen LogP contribution in [0.5, 0.6) is 5.75 Å². The molecule has 2 aromatic rings. The Bertz CT molecular complexity index is 836. The van der Waals surface area contributed by atoms with E-state index in [9.17, 15) is 13.2 Å². The largest absolute Gasteiger partial charge is 0.494 e. The molecule has 0 radical (unpaired) electrons. The molecule has 2 rings (SSSR count). The average molecular weight is 397 g/mol. The molecule has 0 atom stereocenters. The summed E-state index contributed by atoms with van der Waals surface area (Å²) < 4.78 is 32.6. The van der Waals surface area contributed by atoms with Crippen molar-refractivity contribution in [3.63, 3.8) is 0 Å². The van der Waals surface area contributed by atoms with Crippen LogP contribution in [0.15, 0.2) is 53.4 Å². The van der Waals surface area contributed by atoms with E-state index in [1.165, 1.54) is 24.3 Å². The van der Waals surface area contributed by atoms with Gasteiger partial charge in [-0.3, -0.25) is 9.10 Å². The van der Waals surface area contributed by atoms with Crippen LogP contribution in [-0.4, -0.2) is 34.0 Å². The fourth-order valence-electron chi connectivity index (χ4n) is 2.31. The number of amides is 1. The quantitative estimate of drug-likeness (QED) is 0.744. The number of nitrogens with one attached hydrogen (secondary N) is 1. The number of anilines is 1. The molecule has 140 valence electrons. The molecule has 0 aliphatic rings. The van der Waals surface area contributed by atoms with Gasteiger partial charge in [-0.1, -0.05) is 11.6 Å². The number of likely N-dealkylation sites (N-methyl/N-ethyl adjacent to an activating group) is 1. The number of halogens is 1. The number of hydrogen-bond acceptors (Lipinski definition) is 4. The third-order valence-electron chi connectivity index (χ3n) is 3.50. The van der Waals surface area contributed by atoms with Gasteiger partial charge in [0.05, 0.1) is 17.2 Å². The normalized spacial score (nSPS) is 11.0. The Morgan fingerprint density at radius 3 is 2.23 bits per heavy atom. The van der Waals surface area contributed by atoms with Crippen molar-refractivity contribution in [2.24, 2.45) is 0 Å². The molecule has 26 heavy (non-hydrogen) atoms. The lowest BCUT2D eigenvalue weighted by Crippen LogP contribution is -2.40. The highest BCUT2D eigenvalue weighted by molar-refractivity contribution is 7.92. The molecule has 0 saturated carbocycles. The maximum Gasteiger partial charge on any atom is 0.264 e. The summed E-state index contributed by atoms with van der Waals surface area (Å²) in [4.78, 5) is 12.1. The number of carbonyl (C=O) groups is 1. The molecule has 2 aromatic carbocycles. The minimum atomic E-state index is -3.94. The van der Waals surface area contributed by atoms with Crippen LogP contribution in [0.1, 0.15) is 13.8 Å². The highest BCUT2D eigenvalue weighted by Crippen LogP contribution is 2.26. The molecule has 0 bridgehead atoms. The van der Waals surface area contributed by atoms with Gasteiger partial charge in [-0.15, -0.1) is 0 Å². The summed E-state index contributed by atoms with van der Waals surface area (Å²) >= 11 is 5.84. The zero-order valence-electron chi connectivity index (χ0n) is 14.6. The van der Waals surface area contributed by atoms with Crippen LogP contribution in [0.4, 0.5) is 5.69 Å². The molecule has 0 aromatic heterocycles. The minimum absolute atomic E-state index is 0.0556. The van der Waals surface area contributed by atoms with Gasteiger partial charge in [0.1, 0.15) is 12.3 Å². The Morgan fingerprint density at radius 1 is 1.08 bits per heavy atom. The van der Waals surface area contributed by atoms with Crippen molar-refractivity contribution >= 4 is 33.2 Å². The van der Waals surface area contributed by atoms with E-state index in [-0.39, 0.29) is 17.3 Å². The van der Waals surface area contributed by atoms with Crippen molar-refractivity contribution in [3.05, 3.63) is 53.6 Å². The molecule has 1 N–H and O–H groups in total. The Hall–Kier alpha value is -2.25. The van der Waals surface area contributed by atoms with Crippen LogP contribution in [0.3, 0.4) is 0 Å². The fraction of sp³-hybridized carbons (Fsp3) is 0.278. The predicted octanol–water partition coefficient (Wildman–Crippen LogP) is 3.07. The smallest absolute Gasteiger partial charge is 0.264 e. The number of rotatable bonds is 8. The molecule has 0 unspecified atom stereocenters. The highest BCUT2D eigenvalue weighted by atomic mass is 35.5. The second-order valence-electron chi connectivity index (χ2n) is 5.35. The van der Waals surface area contributed by atoms with E-state index >= 15 is 0 Å². The van der Waals surface area contributed by atoms with Crippen LogP contribution in [0.25, 0.3) is 0 Å². The van der Waals surface area contributed by atoms with Gasteiger partial charge in [0.15, 0.2) is 0 Å². The SMILES string of the molecule is CCNC(=O)CN(c1ccc(OCC)cc1)S(=O)(=O)c1ccc(Cl)cc1. The number of ether oxygens (including phenoxy) is 1. The maximum atomic E-state index is 13.1. The number of sulfonamides is 1. The number of carbonyl (C=O) groups excluding carboxylic acids is 1. The molecule has 1 amide bonds. The molecule has 8 heteroatoms. The first-order chi connectivity index (χ1) is 12.4. The zero-order chi connectivity index (χ0) is 19.2. The molecular weight excluding hydrogens is 376 g/mol. The lowest BCUT2D eigenvalue weighted by molar-refractivity contribution is -0.119. The second-order valence-corrected chi connectivity index (χ2v) is 7.64. The van der Waals surface area contributed by atoms with E-state index in [0.717, 1.165) is 4.31 Å². The lowest BCUT2D eigenvalue weighted by atomic mass is 10.3. The standard InChI is InChI=1S/C18H21ClN2O4S/c1-3-20-18(22)13-21(15-7-9-16(10-8-15)25-4-2)26(23,24)17-11-5-14(19)6-12-17/h5-12H,3-4,13H2,1-2H3,(H,20,22). The van der Waals surface area contributed by atoms with Gasteiger partial charge in [-0.2, -0.15) is 0 Å². The van der Waals surface area contributed by atoms with Crippen molar-refractivity contribution in [2.45, 2.75) is 18.7 Å². The van der Waals surface area contributed by atoms with Crippen molar-refractivity contribution in [1.82, 2.24) is 5.32 Å². The van der Waals surface area contributed by atoms with Gasteiger partial charge in [0, 0.05) is 11.6 Å². The van der Waals surface area contributed by atoms with Gasteiger partial charge in [0.2, 0.25) is 5.91 Å². The third kappa shape index (κ3) is 4.89. The number of benzene rings is 2. The van der Waals surface area contributed by atoms with Gasteiger partial charge < -0.3 is 10.1 Å².